The van der Waals surface area contributed by atoms with Crippen molar-refractivity contribution in [2.24, 2.45) is 0 Å². The Hall–Kier alpha value is -2.62. The van der Waals surface area contributed by atoms with E-state index in [0.717, 1.165) is 33.7 Å². The van der Waals surface area contributed by atoms with Crippen LogP contribution in [0.1, 0.15) is 22.3 Å². The highest BCUT2D eigenvalue weighted by Crippen LogP contribution is 2.31. The first-order chi connectivity index (χ1) is 11.0. The monoisotopic (exact) mass is 313 g/mol. The van der Waals surface area contributed by atoms with Crippen LogP contribution in [-0.2, 0) is 4.79 Å². The summed E-state index contributed by atoms with van der Waals surface area (Å²) in [6, 6.07) is 8.20. The minimum atomic E-state index is -0.246. The predicted octanol–water partition coefficient (Wildman–Crippen LogP) is 4.41. The van der Waals surface area contributed by atoms with Crippen LogP contribution >= 0.6 is 0 Å². The summed E-state index contributed by atoms with van der Waals surface area (Å²) in [6.07, 6.45) is 4.45. The van der Waals surface area contributed by atoms with Gasteiger partial charge in [0.05, 0.1) is 0 Å². The highest BCUT2D eigenvalue weighted by molar-refractivity contribution is 5.77. The van der Waals surface area contributed by atoms with Gasteiger partial charge in [0.1, 0.15) is 18.2 Å². The largest absolute Gasteiger partial charge is 0.489 e. The molecule has 2 aromatic rings. The molecule has 0 heterocycles. The van der Waals surface area contributed by atoms with E-state index >= 15 is 0 Å². The van der Waals surface area contributed by atoms with Crippen LogP contribution in [-0.4, -0.2) is 13.0 Å². The Bertz CT molecular complexity index is 721. The second-order valence-electron chi connectivity index (χ2n) is 5.34. The number of amides is 1. The SMILES string of the molecule is Cc1cc(OC/C=C/c2ccc(F)cc2)c(C)c(C)c1NC=O. The lowest BCUT2D eigenvalue weighted by Gasteiger charge is -2.15. The van der Waals surface area contributed by atoms with Gasteiger partial charge < -0.3 is 10.1 Å². The van der Waals surface area contributed by atoms with E-state index in [1.165, 1.54) is 12.1 Å². The zero-order valence-corrected chi connectivity index (χ0v) is 13.5. The average Bonchev–Trinajstić information content (AvgIpc) is 2.54. The zero-order chi connectivity index (χ0) is 16.8. The summed E-state index contributed by atoms with van der Waals surface area (Å²) in [7, 11) is 0. The lowest BCUT2D eigenvalue weighted by atomic mass is 10.0. The number of carbonyl (C=O) groups excluding carboxylic acids is 1. The van der Waals surface area contributed by atoms with Crippen LogP contribution in [0.3, 0.4) is 0 Å². The molecule has 0 radical (unpaired) electrons. The van der Waals surface area contributed by atoms with Gasteiger partial charge in [-0.1, -0.05) is 18.2 Å². The minimum absolute atomic E-state index is 0.246. The molecular weight excluding hydrogens is 293 g/mol. The number of carbonyl (C=O) groups is 1. The van der Waals surface area contributed by atoms with Crippen molar-refractivity contribution >= 4 is 18.2 Å². The van der Waals surface area contributed by atoms with Crippen molar-refractivity contribution in [1.29, 1.82) is 0 Å². The fraction of sp³-hybridized carbons (Fsp3) is 0.211. The Balaban J connectivity index is 2.06. The second-order valence-corrected chi connectivity index (χ2v) is 5.34. The van der Waals surface area contributed by atoms with Crippen LogP contribution in [0, 0.1) is 26.6 Å². The first kappa shape index (κ1) is 16.7. The molecule has 0 fully saturated rings. The van der Waals surface area contributed by atoms with Crippen LogP contribution < -0.4 is 10.1 Å². The first-order valence-electron chi connectivity index (χ1n) is 7.39. The van der Waals surface area contributed by atoms with Gasteiger partial charge in [-0.15, -0.1) is 0 Å². The van der Waals surface area contributed by atoms with Gasteiger partial charge in [0.15, 0.2) is 0 Å². The van der Waals surface area contributed by atoms with Gasteiger partial charge in [0.25, 0.3) is 0 Å². The van der Waals surface area contributed by atoms with E-state index in [2.05, 4.69) is 5.32 Å². The van der Waals surface area contributed by atoms with Crippen molar-refractivity contribution in [1.82, 2.24) is 0 Å². The number of anilines is 1. The topological polar surface area (TPSA) is 38.3 Å². The van der Waals surface area contributed by atoms with Gasteiger partial charge in [-0.25, -0.2) is 4.39 Å². The number of halogens is 1. The van der Waals surface area contributed by atoms with Crippen LogP contribution in [0.25, 0.3) is 6.08 Å². The summed E-state index contributed by atoms with van der Waals surface area (Å²) < 4.78 is 18.6. The lowest BCUT2D eigenvalue weighted by Crippen LogP contribution is -2.04. The Morgan fingerprint density at radius 3 is 2.48 bits per heavy atom. The number of hydrogen-bond acceptors (Lipinski definition) is 2. The summed E-state index contributed by atoms with van der Waals surface area (Å²) in [4.78, 5) is 10.7. The summed E-state index contributed by atoms with van der Waals surface area (Å²) in [6.45, 7) is 6.26. The number of nitrogens with one attached hydrogen (secondary N) is 1. The Morgan fingerprint density at radius 2 is 1.83 bits per heavy atom. The fourth-order valence-electron chi connectivity index (χ4n) is 2.37. The third kappa shape index (κ3) is 4.19. The van der Waals surface area contributed by atoms with Gasteiger partial charge in [-0.2, -0.15) is 0 Å². The van der Waals surface area contributed by atoms with Crippen LogP contribution in [0.4, 0.5) is 10.1 Å². The quantitative estimate of drug-likeness (QED) is 0.802. The van der Waals surface area contributed by atoms with Crippen molar-refractivity contribution in [2.45, 2.75) is 20.8 Å². The number of benzene rings is 2. The van der Waals surface area contributed by atoms with Gasteiger partial charge in [0.2, 0.25) is 6.41 Å². The maximum absolute atomic E-state index is 12.8. The fourth-order valence-corrected chi connectivity index (χ4v) is 2.37. The molecular formula is C19H20FNO2. The van der Waals surface area contributed by atoms with Crippen molar-refractivity contribution in [2.75, 3.05) is 11.9 Å². The van der Waals surface area contributed by atoms with E-state index in [1.807, 2.05) is 39.0 Å². The zero-order valence-electron chi connectivity index (χ0n) is 13.5. The molecule has 0 bridgehead atoms. The third-order valence-corrected chi connectivity index (χ3v) is 3.77. The first-order valence-corrected chi connectivity index (χ1v) is 7.39. The lowest BCUT2D eigenvalue weighted by molar-refractivity contribution is -0.105. The number of hydrogen-bond donors (Lipinski definition) is 1. The normalized spacial score (nSPS) is 10.8. The number of ether oxygens (including phenoxy) is 1. The van der Waals surface area contributed by atoms with E-state index < -0.39 is 0 Å². The molecule has 0 spiro atoms. The maximum atomic E-state index is 12.8. The average molecular weight is 313 g/mol. The molecule has 2 aromatic carbocycles. The molecule has 0 aliphatic rings. The van der Waals surface area contributed by atoms with E-state index in [4.69, 9.17) is 4.74 Å². The third-order valence-electron chi connectivity index (χ3n) is 3.77. The Labute approximate surface area is 135 Å². The summed E-state index contributed by atoms with van der Waals surface area (Å²) in [5.41, 5.74) is 4.69. The minimum Gasteiger partial charge on any atom is -0.489 e. The molecule has 0 unspecified atom stereocenters. The van der Waals surface area contributed by atoms with Crippen molar-refractivity contribution in [3.8, 4) is 5.75 Å². The summed E-state index contributed by atoms with van der Waals surface area (Å²) in [5, 5.41) is 2.72. The highest BCUT2D eigenvalue weighted by Gasteiger charge is 2.10. The van der Waals surface area contributed by atoms with E-state index in [0.29, 0.717) is 13.0 Å². The highest BCUT2D eigenvalue weighted by atomic mass is 19.1. The molecule has 0 atom stereocenters. The van der Waals surface area contributed by atoms with Crippen molar-refractivity contribution in [3.63, 3.8) is 0 Å². The number of rotatable bonds is 6. The Kier molecular flexibility index (Phi) is 5.52. The standard InChI is InChI=1S/C19H20FNO2/c1-13-11-18(14(2)15(3)19(13)21-12-22)23-10-4-5-16-6-8-17(20)9-7-16/h4-9,11-12H,10H2,1-3H3,(H,21,22)/b5-4+. The molecule has 0 saturated heterocycles. The maximum Gasteiger partial charge on any atom is 0.211 e. The Morgan fingerprint density at radius 1 is 1.13 bits per heavy atom. The molecule has 4 heteroatoms. The van der Waals surface area contributed by atoms with Gasteiger partial charge in [-0.05, 0) is 67.3 Å². The molecule has 1 amide bonds. The van der Waals surface area contributed by atoms with E-state index in [-0.39, 0.29) is 5.82 Å². The summed E-state index contributed by atoms with van der Waals surface area (Å²) in [5.74, 6) is 0.546. The number of aryl methyl sites for hydroxylation is 1. The second kappa shape index (κ2) is 7.58. The smallest absolute Gasteiger partial charge is 0.211 e. The predicted molar refractivity (Wildman–Crippen MR) is 91.3 cm³/mol. The molecule has 0 saturated carbocycles. The summed E-state index contributed by atoms with van der Waals surface area (Å²) >= 11 is 0. The van der Waals surface area contributed by atoms with Crippen molar-refractivity contribution in [3.05, 3.63) is 64.5 Å². The van der Waals surface area contributed by atoms with E-state index in [9.17, 15) is 9.18 Å². The van der Waals surface area contributed by atoms with Crippen molar-refractivity contribution < 1.29 is 13.9 Å². The van der Waals surface area contributed by atoms with Crippen LogP contribution in [0.2, 0.25) is 0 Å². The molecule has 0 aliphatic carbocycles. The molecule has 3 nitrogen and oxygen atoms in total. The van der Waals surface area contributed by atoms with Crippen LogP contribution in [0.5, 0.6) is 5.75 Å². The van der Waals surface area contributed by atoms with E-state index in [1.54, 1.807) is 12.1 Å². The molecule has 0 aromatic heterocycles. The van der Waals surface area contributed by atoms with Crippen LogP contribution in [0.15, 0.2) is 36.4 Å². The molecule has 1 N–H and O–H groups in total. The molecule has 0 aliphatic heterocycles. The van der Waals surface area contributed by atoms with Gasteiger partial charge in [-0.3, -0.25) is 4.79 Å². The molecule has 2 rings (SSSR count). The van der Waals surface area contributed by atoms with Gasteiger partial charge in [0, 0.05) is 5.69 Å². The molecule has 120 valence electrons. The molecule has 23 heavy (non-hydrogen) atoms. The van der Waals surface area contributed by atoms with Gasteiger partial charge >= 0.3 is 0 Å².